The minimum absolute atomic E-state index is 0.758. The van der Waals surface area contributed by atoms with Gasteiger partial charge in [0.05, 0.1) is 0 Å². The number of benzene rings is 1. The summed E-state index contributed by atoms with van der Waals surface area (Å²) in [6, 6.07) is 7.14. The molecular weight excluding hydrogens is 228 g/mol. The van der Waals surface area contributed by atoms with Crippen LogP contribution in [0.5, 0.6) is 0 Å². The smallest absolute Gasteiger partial charge is 0.0161 e. The Labute approximate surface area is 118 Å². The molecule has 0 aromatic heterocycles. The second-order valence-corrected chi connectivity index (χ2v) is 7.18. The second-order valence-electron chi connectivity index (χ2n) is 7.18. The lowest BCUT2D eigenvalue weighted by Crippen LogP contribution is -2.29. The molecule has 0 saturated heterocycles. The molecule has 1 aromatic carbocycles. The van der Waals surface area contributed by atoms with Crippen LogP contribution in [0.4, 0.5) is 0 Å². The van der Waals surface area contributed by atoms with Crippen LogP contribution in [-0.2, 0) is 0 Å². The molecule has 0 unspecified atom stereocenters. The minimum Gasteiger partial charge on any atom is -0.0588 e. The van der Waals surface area contributed by atoms with E-state index in [1.54, 1.807) is 5.56 Å². The van der Waals surface area contributed by atoms with Crippen molar-refractivity contribution in [2.75, 3.05) is 0 Å². The van der Waals surface area contributed by atoms with Gasteiger partial charge in [0, 0.05) is 0 Å². The van der Waals surface area contributed by atoms with Gasteiger partial charge < -0.3 is 0 Å². The van der Waals surface area contributed by atoms with E-state index in [1.165, 1.54) is 68.9 Å². The monoisotopic (exact) mass is 256 g/mol. The van der Waals surface area contributed by atoms with E-state index in [4.69, 9.17) is 0 Å². The molecule has 0 aliphatic heterocycles. The van der Waals surface area contributed by atoms with Crippen molar-refractivity contribution in [3.63, 3.8) is 0 Å². The van der Waals surface area contributed by atoms with Gasteiger partial charge in [0.15, 0.2) is 0 Å². The summed E-state index contributed by atoms with van der Waals surface area (Å²) in [5, 5.41) is 0. The molecule has 2 aliphatic rings. The zero-order valence-corrected chi connectivity index (χ0v) is 12.7. The maximum Gasteiger partial charge on any atom is -0.0161 e. The quantitative estimate of drug-likeness (QED) is 0.586. The molecule has 2 saturated carbocycles. The maximum absolute atomic E-state index is 2.44. The summed E-state index contributed by atoms with van der Waals surface area (Å²) in [7, 11) is 0. The fourth-order valence-electron chi connectivity index (χ4n) is 4.38. The molecule has 0 N–H and O–H groups in total. The lowest BCUT2D eigenvalue weighted by molar-refractivity contribution is 0.114. The maximum atomic E-state index is 2.44. The summed E-state index contributed by atoms with van der Waals surface area (Å²) >= 11 is 0. The molecule has 1 aromatic rings. The van der Waals surface area contributed by atoms with Gasteiger partial charge in [-0.1, -0.05) is 37.5 Å². The number of rotatable bonds is 1. The molecule has 2 fully saturated rings. The molecule has 104 valence electrons. The van der Waals surface area contributed by atoms with Crippen molar-refractivity contribution in [3.05, 3.63) is 34.9 Å². The lowest BCUT2D eigenvalue weighted by Gasteiger charge is -2.43. The standard InChI is InChI=1S/C19H28/c1-15-6-7-18(14-16(15)2)17-8-12-19(13-9-17)10-4-3-5-11-19/h6-7,14,17H,3-5,8-13H2,1-2H3. The van der Waals surface area contributed by atoms with Crippen molar-refractivity contribution in [2.24, 2.45) is 5.41 Å². The Bertz CT molecular complexity index is 427. The van der Waals surface area contributed by atoms with Gasteiger partial charge in [-0.05, 0) is 80.4 Å². The van der Waals surface area contributed by atoms with E-state index in [1.807, 2.05) is 0 Å². The largest absolute Gasteiger partial charge is 0.0588 e. The summed E-state index contributed by atoms with van der Waals surface area (Å²) in [5.41, 5.74) is 5.27. The van der Waals surface area contributed by atoms with Gasteiger partial charge in [0.2, 0.25) is 0 Å². The first kappa shape index (κ1) is 13.2. The molecule has 0 bridgehead atoms. The molecular formula is C19H28. The summed E-state index contributed by atoms with van der Waals surface area (Å²) in [6.07, 6.45) is 13.4. The Hall–Kier alpha value is -0.780. The van der Waals surface area contributed by atoms with Crippen LogP contribution in [0.25, 0.3) is 0 Å². The summed E-state index contributed by atoms with van der Waals surface area (Å²) in [6.45, 7) is 4.47. The van der Waals surface area contributed by atoms with Gasteiger partial charge in [-0.3, -0.25) is 0 Å². The van der Waals surface area contributed by atoms with Crippen LogP contribution < -0.4 is 0 Å². The molecule has 3 rings (SSSR count). The van der Waals surface area contributed by atoms with E-state index in [0.29, 0.717) is 0 Å². The first-order valence-corrected chi connectivity index (χ1v) is 8.26. The van der Waals surface area contributed by atoms with Crippen LogP contribution >= 0.6 is 0 Å². The van der Waals surface area contributed by atoms with Gasteiger partial charge in [-0.2, -0.15) is 0 Å². The SMILES string of the molecule is Cc1ccc(C2CCC3(CCCCC3)CC2)cc1C. The molecule has 0 radical (unpaired) electrons. The highest BCUT2D eigenvalue weighted by Crippen LogP contribution is 2.50. The normalized spacial score (nSPS) is 23.7. The van der Waals surface area contributed by atoms with Crippen molar-refractivity contribution in [3.8, 4) is 0 Å². The van der Waals surface area contributed by atoms with Crippen molar-refractivity contribution >= 4 is 0 Å². The first-order valence-electron chi connectivity index (χ1n) is 8.26. The molecule has 0 heteroatoms. The van der Waals surface area contributed by atoms with Crippen LogP contribution in [0.3, 0.4) is 0 Å². The molecule has 2 aliphatic carbocycles. The van der Waals surface area contributed by atoms with Crippen molar-refractivity contribution in [2.45, 2.75) is 77.6 Å². The summed E-state index contributed by atoms with van der Waals surface area (Å²) in [4.78, 5) is 0. The minimum atomic E-state index is 0.758. The van der Waals surface area contributed by atoms with Crippen molar-refractivity contribution in [1.29, 1.82) is 0 Å². The topological polar surface area (TPSA) is 0 Å². The molecule has 0 amide bonds. The van der Waals surface area contributed by atoms with Gasteiger partial charge in [-0.15, -0.1) is 0 Å². The third-order valence-corrected chi connectivity index (χ3v) is 5.96. The van der Waals surface area contributed by atoms with Gasteiger partial charge >= 0.3 is 0 Å². The Morgan fingerprint density at radius 3 is 2.16 bits per heavy atom. The molecule has 1 spiro atoms. The summed E-state index contributed by atoms with van der Waals surface area (Å²) < 4.78 is 0. The average molecular weight is 256 g/mol. The number of hydrogen-bond donors (Lipinski definition) is 0. The molecule has 0 nitrogen and oxygen atoms in total. The van der Waals surface area contributed by atoms with E-state index in [2.05, 4.69) is 32.0 Å². The third kappa shape index (κ3) is 2.73. The summed E-state index contributed by atoms with van der Waals surface area (Å²) in [5.74, 6) is 0.840. The van der Waals surface area contributed by atoms with Gasteiger partial charge in [0.25, 0.3) is 0 Å². The van der Waals surface area contributed by atoms with Crippen molar-refractivity contribution < 1.29 is 0 Å². The average Bonchev–Trinajstić information content (AvgIpc) is 2.44. The lowest BCUT2D eigenvalue weighted by atomic mass is 9.62. The van der Waals surface area contributed by atoms with E-state index in [0.717, 1.165) is 11.3 Å². The Balaban J connectivity index is 1.67. The zero-order valence-electron chi connectivity index (χ0n) is 12.7. The number of aryl methyl sites for hydroxylation is 2. The highest BCUT2D eigenvalue weighted by Gasteiger charge is 2.36. The second kappa shape index (κ2) is 5.31. The Morgan fingerprint density at radius 2 is 1.53 bits per heavy atom. The Morgan fingerprint density at radius 1 is 0.842 bits per heavy atom. The van der Waals surface area contributed by atoms with E-state index in [-0.39, 0.29) is 0 Å². The van der Waals surface area contributed by atoms with Gasteiger partial charge in [-0.25, -0.2) is 0 Å². The van der Waals surface area contributed by atoms with E-state index in [9.17, 15) is 0 Å². The molecule has 0 heterocycles. The van der Waals surface area contributed by atoms with Crippen molar-refractivity contribution in [1.82, 2.24) is 0 Å². The van der Waals surface area contributed by atoms with E-state index >= 15 is 0 Å². The zero-order chi connectivity index (χ0) is 13.3. The van der Waals surface area contributed by atoms with Gasteiger partial charge in [0.1, 0.15) is 0 Å². The van der Waals surface area contributed by atoms with Crippen LogP contribution in [0.1, 0.15) is 80.4 Å². The van der Waals surface area contributed by atoms with Crippen LogP contribution in [0.15, 0.2) is 18.2 Å². The third-order valence-electron chi connectivity index (χ3n) is 5.96. The highest BCUT2D eigenvalue weighted by atomic mass is 14.4. The molecule has 19 heavy (non-hydrogen) atoms. The predicted molar refractivity (Wildman–Crippen MR) is 82.6 cm³/mol. The Kier molecular flexibility index (Phi) is 3.69. The predicted octanol–water partition coefficient (Wildman–Crippen LogP) is 5.91. The first-order chi connectivity index (χ1) is 9.19. The fraction of sp³-hybridized carbons (Fsp3) is 0.684. The van der Waals surface area contributed by atoms with Crippen LogP contribution in [0, 0.1) is 19.3 Å². The van der Waals surface area contributed by atoms with E-state index < -0.39 is 0 Å². The van der Waals surface area contributed by atoms with Crippen LogP contribution in [-0.4, -0.2) is 0 Å². The fourth-order valence-corrected chi connectivity index (χ4v) is 4.38. The molecule has 0 atom stereocenters. The number of hydrogen-bond acceptors (Lipinski definition) is 0. The van der Waals surface area contributed by atoms with Crippen LogP contribution in [0.2, 0.25) is 0 Å². The highest BCUT2D eigenvalue weighted by molar-refractivity contribution is 5.32.